The Morgan fingerprint density at radius 3 is 2.95 bits per heavy atom. The molecule has 1 aromatic carbocycles. The van der Waals surface area contributed by atoms with Gasteiger partial charge in [0.2, 0.25) is 0 Å². The predicted octanol–water partition coefficient (Wildman–Crippen LogP) is 2.40. The summed E-state index contributed by atoms with van der Waals surface area (Å²) in [6.07, 6.45) is 1.63. The van der Waals surface area contributed by atoms with E-state index in [4.69, 9.17) is 5.11 Å². The summed E-state index contributed by atoms with van der Waals surface area (Å²) >= 11 is 0. The van der Waals surface area contributed by atoms with Gasteiger partial charge in [-0.2, -0.15) is 0 Å². The standard InChI is InChI=1S/C16H20FNO/c1-13-7-8-18(11-13)12-15-6-5-14(10-16(15)17)4-2-3-9-19/h5-6,10,13,19H,3,7-9,11-12H2,1H3. The summed E-state index contributed by atoms with van der Waals surface area (Å²) in [5.41, 5.74) is 1.41. The molecule has 0 aliphatic carbocycles. The molecule has 0 amide bonds. The number of hydrogen-bond acceptors (Lipinski definition) is 2. The van der Waals surface area contributed by atoms with E-state index in [1.807, 2.05) is 12.1 Å². The van der Waals surface area contributed by atoms with Crippen molar-refractivity contribution in [3.63, 3.8) is 0 Å². The Kier molecular flexibility index (Phi) is 4.95. The molecule has 0 saturated carbocycles. The van der Waals surface area contributed by atoms with E-state index in [0.29, 0.717) is 24.4 Å². The molecule has 1 saturated heterocycles. The van der Waals surface area contributed by atoms with E-state index in [0.717, 1.165) is 18.7 Å². The number of benzene rings is 1. The van der Waals surface area contributed by atoms with Crippen molar-refractivity contribution in [3.8, 4) is 11.8 Å². The molecule has 2 rings (SSSR count). The molecule has 1 fully saturated rings. The second kappa shape index (κ2) is 6.70. The van der Waals surface area contributed by atoms with Gasteiger partial charge in [-0.3, -0.25) is 4.90 Å². The van der Waals surface area contributed by atoms with E-state index in [9.17, 15) is 4.39 Å². The van der Waals surface area contributed by atoms with Crippen molar-refractivity contribution < 1.29 is 9.50 Å². The third kappa shape index (κ3) is 4.05. The fraction of sp³-hybridized carbons (Fsp3) is 0.500. The van der Waals surface area contributed by atoms with E-state index in [1.165, 1.54) is 12.5 Å². The van der Waals surface area contributed by atoms with Crippen LogP contribution in [0.1, 0.15) is 30.9 Å². The molecule has 0 bridgehead atoms. The van der Waals surface area contributed by atoms with Gasteiger partial charge in [0.05, 0.1) is 6.61 Å². The van der Waals surface area contributed by atoms with E-state index >= 15 is 0 Å². The number of nitrogens with zero attached hydrogens (tertiary/aromatic N) is 1. The first-order chi connectivity index (χ1) is 9.19. The smallest absolute Gasteiger partial charge is 0.128 e. The first-order valence-corrected chi connectivity index (χ1v) is 6.79. The highest BCUT2D eigenvalue weighted by Crippen LogP contribution is 2.19. The Hall–Kier alpha value is -1.37. The van der Waals surface area contributed by atoms with Gasteiger partial charge in [-0.1, -0.05) is 24.8 Å². The van der Waals surface area contributed by atoms with Gasteiger partial charge in [0.25, 0.3) is 0 Å². The minimum atomic E-state index is -0.185. The summed E-state index contributed by atoms with van der Waals surface area (Å²) < 4.78 is 14.0. The van der Waals surface area contributed by atoms with Gasteiger partial charge in [0.1, 0.15) is 5.82 Å². The maximum Gasteiger partial charge on any atom is 0.128 e. The maximum absolute atomic E-state index is 14.0. The van der Waals surface area contributed by atoms with Gasteiger partial charge < -0.3 is 5.11 Å². The molecule has 1 unspecified atom stereocenters. The zero-order valence-corrected chi connectivity index (χ0v) is 11.3. The van der Waals surface area contributed by atoms with E-state index < -0.39 is 0 Å². The third-order valence-electron chi connectivity index (χ3n) is 3.42. The van der Waals surface area contributed by atoms with Crippen LogP contribution >= 0.6 is 0 Å². The first-order valence-electron chi connectivity index (χ1n) is 6.79. The Morgan fingerprint density at radius 1 is 1.47 bits per heavy atom. The average Bonchev–Trinajstić information content (AvgIpc) is 2.79. The van der Waals surface area contributed by atoms with Crippen molar-refractivity contribution >= 4 is 0 Å². The first kappa shape index (κ1) is 14.0. The molecule has 1 aliphatic rings. The van der Waals surface area contributed by atoms with Crippen LogP contribution in [0.25, 0.3) is 0 Å². The molecule has 102 valence electrons. The molecule has 0 radical (unpaired) electrons. The van der Waals surface area contributed by atoms with Gasteiger partial charge in [-0.15, -0.1) is 0 Å². The summed E-state index contributed by atoms with van der Waals surface area (Å²) in [5.74, 6) is 6.18. The molecule has 19 heavy (non-hydrogen) atoms. The van der Waals surface area contributed by atoms with Crippen molar-refractivity contribution in [1.29, 1.82) is 0 Å². The minimum absolute atomic E-state index is 0.0424. The van der Waals surface area contributed by atoms with Crippen LogP contribution in [0, 0.1) is 23.6 Å². The van der Waals surface area contributed by atoms with Crippen LogP contribution in [-0.4, -0.2) is 29.7 Å². The lowest BCUT2D eigenvalue weighted by molar-refractivity contribution is 0.305. The zero-order valence-electron chi connectivity index (χ0n) is 11.3. The minimum Gasteiger partial charge on any atom is -0.395 e. The zero-order chi connectivity index (χ0) is 13.7. The largest absolute Gasteiger partial charge is 0.395 e. The number of halogens is 1. The fourth-order valence-electron chi connectivity index (χ4n) is 2.38. The van der Waals surface area contributed by atoms with Crippen LogP contribution in [0.15, 0.2) is 18.2 Å². The van der Waals surface area contributed by atoms with Crippen LogP contribution in [0.2, 0.25) is 0 Å². The maximum atomic E-state index is 14.0. The molecule has 3 heteroatoms. The van der Waals surface area contributed by atoms with Crippen LogP contribution in [0.3, 0.4) is 0 Å². The lowest BCUT2D eigenvalue weighted by Gasteiger charge is -2.15. The van der Waals surface area contributed by atoms with E-state index in [1.54, 1.807) is 0 Å². The lowest BCUT2D eigenvalue weighted by Crippen LogP contribution is -2.20. The summed E-state index contributed by atoms with van der Waals surface area (Å²) in [5, 5.41) is 8.64. The molecule has 0 aromatic heterocycles. The highest BCUT2D eigenvalue weighted by Gasteiger charge is 2.19. The van der Waals surface area contributed by atoms with E-state index in [2.05, 4.69) is 23.7 Å². The molecule has 1 aromatic rings. The van der Waals surface area contributed by atoms with Crippen molar-refractivity contribution in [3.05, 3.63) is 35.1 Å². The van der Waals surface area contributed by atoms with Crippen molar-refractivity contribution in [1.82, 2.24) is 4.90 Å². The topological polar surface area (TPSA) is 23.5 Å². The number of hydrogen-bond donors (Lipinski definition) is 1. The van der Waals surface area contributed by atoms with Crippen LogP contribution in [0.5, 0.6) is 0 Å². The quantitative estimate of drug-likeness (QED) is 0.845. The van der Waals surface area contributed by atoms with E-state index in [-0.39, 0.29) is 12.4 Å². The number of likely N-dealkylation sites (tertiary alicyclic amines) is 1. The normalized spacial score (nSPS) is 19.2. The Balaban J connectivity index is 2.01. The molecule has 1 atom stereocenters. The average molecular weight is 261 g/mol. The predicted molar refractivity (Wildman–Crippen MR) is 74.0 cm³/mol. The number of aliphatic hydroxyl groups is 1. The SMILES string of the molecule is CC1CCN(Cc2ccc(C#CCCO)cc2F)C1. The highest BCUT2D eigenvalue weighted by atomic mass is 19.1. The Morgan fingerprint density at radius 2 is 2.32 bits per heavy atom. The summed E-state index contributed by atoms with van der Waals surface area (Å²) in [7, 11) is 0. The Bertz CT molecular complexity index is 489. The van der Waals surface area contributed by atoms with Crippen LogP contribution in [-0.2, 0) is 6.54 Å². The summed E-state index contributed by atoms with van der Waals surface area (Å²) in [4.78, 5) is 2.29. The van der Waals surface area contributed by atoms with Crippen molar-refractivity contribution in [2.24, 2.45) is 5.92 Å². The van der Waals surface area contributed by atoms with Crippen LogP contribution in [0.4, 0.5) is 4.39 Å². The van der Waals surface area contributed by atoms with Gasteiger partial charge in [0, 0.05) is 30.6 Å². The molecular weight excluding hydrogens is 241 g/mol. The fourth-order valence-corrected chi connectivity index (χ4v) is 2.38. The lowest BCUT2D eigenvalue weighted by atomic mass is 10.1. The van der Waals surface area contributed by atoms with Crippen LogP contribution < -0.4 is 0 Å². The Labute approximate surface area is 114 Å². The molecule has 2 nitrogen and oxygen atoms in total. The second-order valence-electron chi connectivity index (χ2n) is 5.21. The van der Waals surface area contributed by atoms with Crippen molar-refractivity contribution in [2.75, 3.05) is 19.7 Å². The highest BCUT2D eigenvalue weighted by molar-refractivity contribution is 5.37. The summed E-state index contributed by atoms with van der Waals surface area (Å²) in [6.45, 7) is 5.06. The molecule has 0 spiro atoms. The molecule has 1 N–H and O–H groups in total. The third-order valence-corrected chi connectivity index (χ3v) is 3.42. The summed E-state index contributed by atoms with van der Waals surface area (Å²) in [6, 6.07) is 5.16. The molecule has 1 heterocycles. The van der Waals surface area contributed by atoms with Gasteiger partial charge in [-0.05, 0) is 31.0 Å². The monoisotopic (exact) mass is 261 g/mol. The molecule has 1 aliphatic heterocycles. The van der Waals surface area contributed by atoms with Gasteiger partial charge in [-0.25, -0.2) is 4.39 Å². The number of aliphatic hydroxyl groups excluding tert-OH is 1. The molecular formula is C16H20FNO. The van der Waals surface area contributed by atoms with Crippen molar-refractivity contribution in [2.45, 2.75) is 26.3 Å². The number of rotatable bonds is 3. The van der Waals surface area contributed by atoms with Gasteiger partial charge >= 0.3 is 0 Å². The van der Waals surface area contributed by atoms with Gasteiger partial charge in [0.15, 0.2) is 0 Å². The second-order valence-corrected chi connectivity index (χ2v) is 5.21.